The average Bonchev–Trinajstić information content (AvgIpc) is 2.54. The van der Waals surface area contributed by atoms with Crippen molar-refractivity contribution in [3.05, 3.63) is 54.1 Å². The van der Waals surface area contributed by atoms with Gasteiger partial charge in [0.05, 0.1) is 17.7 Å². The second-order valence-corrected chi connectivity index (χ2v) is 7.34. The van der Waals surface area contributed by atoms with E-state index in [9.17, 15) is 8.42 Å². The molecular formula is C17H21NO3S. The molecule has 0 fully saturated rings. The number of rotatable bonds is 5. The number of methoxy groups -OCH3 is 1. The molecule has 0 heterocycles. The van der Waals surface area contributed by atoms with Crippen LogP contribution >= 0.6 is 0 Å². The van der Waals surface area contributed by atoms with Crippen LogP contribution in [0.1, 0.15) is 25.3 Å². The van der Waals surface area contributed by atoms with Crippen LogP contribution in [0.5, 0.6) is 5.75 Å². The summed E-state index contributed by atoms with van der Waals surface area (Å²) in [5.41, 5.74) is 1.51. The topological polar surface area (TPSA) is 46.6 Å². The maximum absolute atomic E-state index is 12.8. The number of benzene rings is 2. The van der Waals surface area contributed by atoms with Crippen LogP contribution in [0, 0.1) is 0 Å². The standard InChI is InChI=1S/C17H21NO3S/c1-13(2)16-12-15(10-11-17(16)21-4)22(19,20)18(3)14-8-6-5-7-9-14/h5-13H,1-4H3. The summed E-state index contributed by atoms with van der Waals surface area (Å²) in [6.45, 7) is 4.02. The van der Waals surface area contributed by atoms with E-state index in [1.165, 1.54) is 4.31 Å². The molecule has 0 amide bonds. The molecule has 0 atom stereocenters. The van der Waals surface area contributed by atoms with E-state index in [0.717, 1.165) is 5.56 Å². The van der Waals surface area contributed by atoms with Crippen molar-refractivity contribution in [2.24, 2.45) is 0 Å². The Morgan fingerprint density at radius 3 is 2.23 bits per heavy atom. The highest BCUT2D eigenvalue weighted by atomic mass is 32.2. The first kappa shape index (κ1) is 16.4. The third-order valence-corrected chi connectivity index (χ3v) is 5.38. The lowest BCUT2D eigenvalue weighted by atomic mass is 10.0. The van der Waals surface area contributed by atoms with Gasteiger partial charge in [-0.3, -0.25) is 4.31 Å². The zero-order valence-electron chi connectivity index (χ0n) is 13.3. The van der Waals surface area contributed by atoms with Crippen LogP contribution in [0.4, 0.5) is 5.69 Å². The molecule has 0 radical (unpaired) electrons. The SMILES string of the molecule is COc1ccc(S(=O)(=O)N(C)c2ccccc2)cc1C(C)C. The Morgan fingerprint density at radius 1 is 1.05 bits per heavy atom. The smallest absolute Gasteiger partial charge is 0.264 e. The van der Waals surface area contributed by atoms with Gasteiger partial charge in [-0.25, -0.2) is 8.42 Å². The van der Waals surface area contributed by atoms with Crippen molar-refractivity contribution in [3.8, 4) is 5.75 Å². The molecule has 2 aromatic rings. The van der Waals surface area contributed by atoms with Gasteiger partial charge in [0, 0.05) is 7.05 Å². The first-order valence-electron chi connectivity index (χ1n) is 7.10. The molecule has 0 unspecified atom stereocenters. The summed E-state index contributed by atoms with van der Waals surface area (Å²) in [6, 6.07) is 14.0. The minimum atomic E-state index is -3.60. The Balaban J connectivity index is 2.48. The molecule has 4 nitrogen and oxygen atoms in total. The van der Waals surface area contributed by atoms with Crippen molar-refractivity contribution in [1.82, 2.24) is 0 Å². The predicted octanol–water partition coefficient (Wildman–Crippen LogP) is 3.64. The van der Waals surface area contributed by atoms with E-state index in [4.69, 9.17) is 4.74 Å². The van der Waals surface area contributed by atoms with E-state index in [-0.39, 0.29) is 10.8 Å². The lowest BCUT2D eigenvalue weighted by molar-refractivity contribution is 0.407. The number of ether oxygens (including phenoxy) is 1. The maximum Gasteiger partial charge on any atom is 0.264 e. The highest BCUT2D eigenvalue weighted by molar-refractivity contribution is 7.92. The summed E-state index contributed by atoms with van der Waals surface area (Å²) in [4.78, 5) is 0.267. The lowest BCUT2D eigenvalue weighted by Crippen LogP contribution is -2.26. The molecule has 0 aromatic heterocycles. The van der Waals surface area contributed by atoms with E-state index in [1.54, 1.807) is 44.5 Å². The van der Waals surface area contributed by atoms with Gasteiger partial charge in [0.1, 0.15) is 5.75 Å². The normalized spacial score (nSPS) is 11.5. The molecule has 0 N–H and O–H groups in total. The number of nitrogens with zero attached hydrogens (tertiary/aromatic N) is 1. The van der Waals surface area contributed by atoms with Crippen LogP contribution in [-0.4, -0.2) is 22.6 Å². The third kappa shape index (κ3) is 3.09. The van der Waals surface area contributed by atoms with Gasteiger partial charge in [0.25, 0.3) is 10.0 Å². The van der Waals surface area contributed by atoms with Crippen LogP contribution in [0.2, 0.25) is 0 Å². The fourth-order valence-electron chi connectivity index (χ4n) is 2.26. The number of sulfonamides is 1. The number of anilines is 1. The molecule has 0 saturated carbocycles. The van der Waals surface area contributed by atoms with Gasteiger partial charge in [0.2, 0.25) is 0 Å². The van der Waals surface area contributed by atoms with Crippen molar-refractivity contribution in [1.29, 1.82) is 0 Å². The fraction of sp³-hybridized carbons (Fsp3) is 0.294. The van der Waals surface area contributed by atoms with Gasteiger partial charge in [-0.2, -0.15) is 0 Å². The predicted molar refractivity (Wildman–Crippen MR) is 89.1 cm³/mol. The Morgan fingerprint density at radius 2 is 1.68 bits per heavy atom. The molecule has 0 aliphatic heterocycles. The highest BCUT2D eigenvalue weighted by Gasteiger charge is 2.23. The fourth-order valence-corrected chi connectivity index (χ4v) is 3.49. The van der Waals surface area contributed by atoms with Crippen molar-refractivity contribution < 1.29 is 13.2 Å². The van der Waals surface area contributed by atoms with Gasteiger partial charge in [0.15, 0.2) is 0 Å². The van der Waals surface area contributed by atoms with Crippen molar-refractivity contribution in [2.75, 3.05) is 18.5 Å². The van der Waals surface area contributed by atoms with Gasteiger partial charge < -0.3 is 4.74 Å². The van der Waals surface area contributed by atoms with Crippen molar-refractivity contribution in [3.63, 3.8) is 0 Å². The Bertz CT molecular complexity index is 740. The van der Waals surface area contributed by atoms with E-state index in [0.29, 0.717) is 11.4 Å². The number of hydrogen-bond acceptors (Lipinski definition) is 3. The van der Waals surface area contributed by atoms with E-state index < -0.39 is 10.0 Å². The lowest BCUT2D eigenvalue weighted by Gasteiger charge is -2.21. The minimum Gasteiger partial charge on any atom is -0.496 e. The summed E-state index contributed by atoms with van der Waals surface area (Å²) in [7, 11) is -0.447. The second kappa shape index (κ2) is 6.40. The molecular weight excluding hydrogens is 298 g/mol. The number of para-hydroxylation sites is 1. The molecule has 22 heavy (non-hydrogen) atoms. The number of hydrogen-bond donors (Lipinski definition) is 0. The van der Waals surface area contributed by atoms with Crippen LogP contribution in [0.3, 0.4) is 0 Å². The molecule has 5 heteroatoms. The second-order valence-electron chi connectivity index (χ2n) is 5.37. The molecule has 0 saturated heterocycles. The van der Waals surface area contributed by atoms with Crippen LogP contribution < -0.4 is 9.04 Å². The van der Waals surface area contributed by atoms with Crippen molar-refractivity contribution in [2.45, 2.75) is 24.7 Å². The largest absolute Gasteiger partial charge is 0.496 e. The molecule has 2 rings (SSSR count). The summed E-state index contributed by atoms with van der Waals surface area (Å²) >= 11 is 0. The van der Waals surface area contributed by atoms with E-state index in [1.807, 2.05) is 32.0 Å². The van der Waals surface area contributed by atoms with Gasteiger partial charge in [-0.05, 0) is 41.8 Å². The maximum atomic E-state index is 12.8. The third-order valence-electron chi connectivity index (χ3n) is 3.60. The molecule has 0 spiro atoms. The molecule has 2 aromatic carbocycles. The monoisotopic (exact) mass is 319 g/mol. The average molecular weight is 319 g/mol. The summed E-state index contributed by atoms with van der Waals surface area (Å²) < 4.78 is 32.2. The Hall–Kier alpha value is -2.01. The Kier molecular flexibility index (Phi) is 4.76. The van der Waals surface area contributed by atoms with Crippen molar-refractivity contribution >= 4 is 15.7 Å². The molecule has 0 aliphatic carbocycles. The summed E-state index contributed by atoms with van der Waals surface area (Å²) in [6.07, 6.45) is 0. The van der Waals surface area contributed by atoms with E-state index in [2.05, 4.69) is 0 Å². The highest BCUT2D eigenvalue weighted by Crippen LogP contribution is 2.30. The molecule has 0 aliphatic rings. The van der Waals surface area contributed by atoms with E-state index >= 15 is 0 Å². The van der Waals surface area contributed by atoms with Gasteiger partial charge in [-0.15, -0.1) is 0 Å². The summed E-state index contributed by atoms with van der Waals surface area (Å²) in [5, 5.41) is 0. The summed E-state index contributed by atoms with van der Waals surface area (Å²) in [5.74, 6) is 0.878. The van der Waals surface area contributed by atoms with Gasteiger partial charge >= 0.3 is 0 Å². The van der Waals surface area contributed by atoms with Crippen LogP contribution in [0.25, 0.3) is 0 Å². The first-order valence-corrected chi connectivity index (χ1v) is 8.54. The first-order chi connectivity index (χ1) is 10.4. The quantitative estimate of drug-likeness (QED) is 0.845. The zero-order valence-corrected chi connectivity index (χ0v) is 14.1. The molecule has 118 valence electrons. The van der Waals surface area contributed by atoms with Gasteiger partial charge in [-0.1, -0.05) is 32.0 Å². The van der Waals surface area contributed by atoms with Crippen LogP contribution in [-0.2, 0) is 10.0 Å². The zero-order chi connectivity index (χ0) is 16.3. The Labute approximate surface area is 132 Å². The minimum absolute atomic E-state index is 0.173. The molecule has 0 bridgehead atoms. The van der Waals surface area contributed by atoms with Crippen LogP contribution in [0.15, 0.2) is 53.4 Å².